The van der Waals surface area contributed by atoms with Gasteiger partial charge in [-0.25, -0.2) is 0 Å². The summed E-state index contributed by atoms with van der Waals surface area (Å²) in [7, 11) is 1.65. The molecule has 4 nitrogen and oxygen atoms in total. The van der Waals surface area contributed by atoms with Crippen LogP contribution in [0.2, 0.25) is 0 Å². The van der Waals surface area contributed by atoms with E-state index in [2.05, 4.69) is 5.32 Å². The minimum Gasteiger partial charge on any atom is -0.365 e. The fourth-order valence-corrected chi connectivity index (χ4v) is 1.89. The van der Waals surface area contributed by atoms with Crippen molar-refractivity contribution in [3.8, 4) is 0 Å². The lowest BCUT2D eigenvalue weighted by Gasteiger charge is -2.21. The van der Waals surface area contributed by atoms with Gasteiger partial charge in [0.2, 0.25) is 5.91 Å². The number of hydrogen-bond acceptors (Lipinski definition) is 3. The molecule has 0 radical (unpaired) electrons. The number of nitrogens with one attached hydrogen (secondary N) is 1. The highest BCUT2D eigenvalue weighted by atomic mass is 19.4. The lowest BCUT2D eigenvalue weighted by Crippen LogP contribution is -2.35. The first kappa shape index (κ1) is 17.3. The number of hydrogen-bond donors (Lipinski definition) is 2. The number of carbonyl (C=O) groups is 1. The number of benzene rings is 1. The molecule has 0 aromatic heterocycles. The Morgan fingerprint density at radius 2 is 2.05 bits per heavy atom. The summed E-state index contributed by atoms with van der Waals surface area (Å²) >= 11 is 0. The lowest BCUT2D eigenvalue weighted by atomic mass is 10.1. The third-order valence-corrected chi connectivity index (χ3v) is 3.01. The molecule has 0 spiro atoms. The molecule has 0 saturated carbocycles. The van der Waals surface area contributed by atoms with Crippen LogP contribution in [0, 0.1) is 0 Å². The van der Waals surface area contributed by atoms with Gasteiger partial charge in [-0.2, -0.15) is 13.2 Å². The SMILES string of the molecule is CCCNC(=O)CN(C)c1ccc(C(F)(F)F)c(CN)c1. The van der Waals surface area contributed by atoms with E-state index in [0.29, 0.717) is 12.2 Å². The van der Waals surface area contributed by atoms with E-state index in [-0.39, 0.29) is 24.6 Å². The van der Waals surface area contributed by atoms with Crippen LogP contribution in [0.15, 0.2) is 18.2 Å². The molecule has 21 heavy (non-hydrogen) atoms. The molecule has 0 fully saturated rings. The zero-order valence-electron chi connectivity index (χ0n) is 12.1. The van der Waals surface area contributed by atoms with Gasteiger partial charge < -0.3 is 16.0 Å². The van der Waals surface area contributed by atoms with Crippen LogP contribution in [-0.4, -0.2) is 26.0 Å². The highest BCUT2D eigenvalue weighted by Crippen LogP contribution is 2.33. The summed E-state index contributed by atoms with van der Waals surface area (Å²) in [6, 6.07) is 3.71. The predicted molar refractivity (Wildman–Crippen MR) is 75.9 cm³/mol. The van der Waals surface area contributed by atoms with Crippen molar-refractivity contribution in [3.63, 3.8) is 0 Å². The molecule has 0 aliphatic carbocycles. The monoisotopic (exact) mass is 303 g/mol. The number of alkyl halides is 3. The summed E-state index contributed by atoms with van der Waals surface area (Å²) in [6.07, 6.45) is -3.60. The van der Waals surface area contributed by atoms with Crippen LogP contribution in [0.1, 0.15) is 24.5 Å². The third kappa shape index (κ3) is 4.93. The molecule has 0 saturated heterocycles. The molecule has 0 bridgehead atoms. The summed E-state index contributed by atoms with van der Waals surface area (Å²) in [5.41, 5.74) is 5.19. The zero-order valence-corrected chi connectivity index (χ0v) is 12.1. The van der Waals surface area contributed by atoms with Gasteiger partial charge in [-0.3, -0.25) is 4.79 Å². The fourth-order valence-electron chi connectivity index (χ4n) is 1.89. The topological polar surface area (TPSA) is 58.4 Å². The average molecular weight is 303 g/mol. The molecule has 1 amide bonds. The first-order chi connectivity index (χ1) is 9.79. The Morgan fingerprint density at radius 3 is 2.57 bits per heavy atom. The van der Waals surface area contributed by atoms with Crippen molar-refractivity contribution in [2.45, 2.75) is 26.1 Å². The Morgan fingerprint density at radius 1 is 1.38 bits per heavy atom. The fraction of sp³-hybridized carbons (Fsp3) is 0.500. The molecular formula is C14H20F3N3O. The van der Waals surface area contributed by atoms with Gasteiger partial charge in [-0.05, 0) is 30.2 Å². The second-order valence-corrected chi connectivity index (χ2v) is 4.75. The van der Waals surface area contributed by atoms with E-state index in [1.807, 2.05) is 6.92 Å². The largest absolute Gasteiger partial charge is 0.416 e. The highest BCUT2D eigenvalue weighted by molar-refractivity contribution is 5.81. The molecule has 0 atom stereocenters. The van der Waals surface area contributed by atoms with E-state index in [0.717, 1.165) is 12.5 Å². The number of nitrogens with zero attached hydrogens (tertiary/aromatic N) is 1. The zero-order chi connectivity index (χ0) is 16.0. The van der Waals surface area contributed by atoms with Crippen LogP contribution in [0.25, 0.3) is 0 Å². The minimum absolute atomic E-state index is 0.0146. The lowest BCUT2D eigenvalue weighted by molar-refractivity contribution is -0.138. The molecule has 0 unspecified atom stereocenters. The maximum Gasteiger partial charge on any atom is 0.416 e. The second-order valence-electron chi connectivity index (χ2n) is 4.75. The Balaban J connectivity index is 2.87. The van der Waals surface area contributed by atoms with Crippen molar-refractivity contribution in [2.24, 2.45) is 5.73 Å². The van der Waals surface area contributed by atoms with Gasteiger partial charge in [-0.1, -0.05) is 6.92 Å². The molecule has 0 aliphatic heterocycles. The number of likely N-dealkylation sites (N-methyl/N-ethyl adjacent to an activating group) is 1. The second kappa shape index (κ2) is 7.31. The summed E-state index contributed by atoms with van der Waals surface area (Å²) in [6.45, 7) is 2.38. The number of amides is 1. The van der Waals surface area contributed by atoms with Crippen LogP contribution in [0.5, 0.6) is 0 Å². The molecule has 1 aromatic rings. The van der Waals surface area contributed by atoms with Crippen molar-refractivity contribution in [2.75, 3.05) is 25.0 Å². The molecule has 1 aromatic carbocycles. The van der Waals surface area contributed by atoms with Crippen molar-refractivity contribution < 1.29 is 18.0 Å². The quantitative estimate of drug-likeness (QED) is 0.846. The van der Waals surface area contributed by atoms with E-state index >= 15 is 0 Å². The number of rotatable bonds is 6. The van der Waals surface area contributed by atoms with Crippen LogP contribution >= 0.6 is 0 Å². The van der Waals surface area contributed by atoms with Crippen LogP contribution < -0.4 is 16.0 Å². The van der Waals surface area contributed by atoms with E-state index in [4.69, 9.17) is 5.73 Å². The van der Waals surface area contributed by atoms with E-state index < -0.39 is 11.7 Å². The summed E-state index contributed by atoms with van der Waals surface area (Å²) in [4.78, 5) is 13.2. The molecule has 118 valence electrons. The Labute approximate surface area is 122 Å². The number of anilines is 1. The third-order valence-electron chi connectivity index (χ3n) is 3.01. The Kier molecular flexibility index (Phi) is 6.02. The predicted octanol–water partition coefficient (Wildman–Crippen LogP) is 2.13. The summed E-state index contributed by atoms with van der Waals surface area (Å²) in [5, 5.41) is 2.71. The van der Waals surface area contributed by atoms with Gasteiger partial charge in [0.15, 0.2) is 0 Å². The van der Waals surface area contributed by atoms with Crippen LogP contribution in [0.4, 0.5) is 18.9 Å². The molecule has 3 N–H and O–H groups in total. The van der Waals surface area contributed by atoms with Gasteiger partial charge in [0.1, 0.15) is 0 Å². The van der Waals surface area contributed by atoms with Gasteiger partial charge in [0, 0.05) is 25.8 Å². The standard InChI is InChI=1S/C14H20F3N3O/c1-3-6-19-13(21)9-20(2)11-4-5-12(14(15,16)17)10(7-11)8-18/h4-5,7H,3,6,8-9,18H2,1-2H3,(H,19,21). The van der Waals surface area contributed by atoms with Gasteiger partial charge >= 0.3 is 6.18 Å². The molecule has 0 heterocycles. The number of nitrogens with two attached hydrogens (primary N) is 1. The first-order valence-electron chi connectivity index (χ1n) is 6.67. The van der Waals surface area contributed by atoms with E-state index in [9.17, 15) is 18.0 Å². The Hall–Kier alpha value is -1.76. The van der Waals surface area contributed by atoms with Crippen LogP contribution in [-0.2, 0) is 17.5 Å². The Bertz CT molecular complexity index is 489. The normalized spacial score (nSPS) is 11.3. The van der Waals surface area contributed by atoms with Gasteiger partial charge in [0.05, 0.1) is 12.1 Å². The highest BCUT2D eigenvalue weighted by Gasteiger charge is 2.33. The van der Waals surface area contributed by atoms with E-state index in [1.54, 1.807) is 11.9 Å². The molecule has 0 aliphatic rings. The first-order valence-corrected chi connectivity index (χ1v) is 6.67. The maximum absolute atomic E-state index is 12.8. The van der Waals surface area contributed by atoms with Crippen molar-refractivity contribution >= 4 is 11.6 Å². The van der Waals surface area contributed by atoms with Crippen LogP contribution in [0.3, 0.4) is 0 Å². The summed E-state index contributed by atoms with van der Waals surface area (Å²) in [5.74, 6) is -0.173. The van der Waals surface area contributed by atoms with Gasteiger partial charge in [-0.15, -0.1) is 0 Å². The van der Waals surface area contributed by atoms with Crippen molar-refractivity contribution in [1.82, 2.24) is 5.32 Å². The van der Waals surface area contributed by atoms with E-state index in [1.165, 1.54) is 12.1 Å². The smallest absolute Gasteiger partial charge is 0.365 e. The molecular weight excluding hydrogens is 283 g/mol. The minimum atomic E-state index is -4.43. The average Bonchev–Trinajstić information content (AvgIpc) is 2.43. The van der Waals surface area contributed by atoms with Crippen molar-refractivity contribution in [3.05, 3.63) is 29.3 Å². The molecule has 7 heteroatoms. The summed E-state index contributed by atoms with van der Waals surface area (Å²) < 4.78 is 38.4. The van der Waals surface area contributed by atoms with Crippen molar-refractivity contribution in [1.29, 1.82) is 0 Å². The number of halogens is 3. The molecule has 1 rings (SSSR count). The number of carbonyl (C=O) groups excluding carboxylic acids is 1. The van der Waals surface area contributed by atoms with Gasteiger partial charge in [0.25, 0.3) is 0 Å². The maximum atomic E-state index is 12.8.